The molecule has 0 fully saturated rings. The maximum Gasteiger partial charge on any atom is 0.416 e. The van der Waals surface area contributed by atoms with E-state index in [-0.39, 0.29) is 40.0 Å². The highest BCUT2D eigenvalue weighted by Gasteiger charge is 2.34. The first-order valence-corrected chi connectivity index (χ1v) is 11.3. The van der Waals surface area contributed by atoms with E-state index in [9.17, 15) is 28.1 Å². The molecule has 190 valence electrons. The molecule has 0 saturated carbocycles. The molecule has 0 saturated heterocycles. The highest BCUT2D eigenvalue weighted by atomic mass is 35.5. The minimum absolute atomic E-state index is 0.0518. The first-order chi connectivity index (χ1) is 16.4. The zero-order chi connectivity index (χ0) is 26.2. The molecule has 2 aromatic carbocycles. The van der Waals surface area contributed by atoms with Crippen molar-refractivity contribution < 1.29 is 32.4 Å². The molecule has 35 heavy (non-hydrogen) atoms. The van der Waals surface area contributed by atoms with Crippen molar-refractivity contribution in [2.75, 3.05) is 19.8 Å². The van der Waals surface area contributed by atoms with Gasteiger partial charge in [-0.3, -0.25) is 14.9 Å². The van der Waals surface area contributed by atoms with Crippen LogP contribution in [0.1, 0.15) is 28.8 Å². The number of nitro benzene ring substituents is 1. The van der Waals surface area contributed by atoms with E-state index >= 15 is 0 Å². The van der Waals surface area contributed by atoms with Crippen molar-refractivity contribution in [2.45, 2.75) is 19.0 Å². The molecule has 0 spiro atoms. The number of hydrogen-bond acceptors (Lipinski definition) is 5. The Hall–Kier alpha value is -2.40. The zero-order valence-corrected chi connectivity index (χ0v) is 20.7. The summed E-state index contributed by atoms with van der Waals surface area (Å²) in [5.74, 6) is -0.257. The van der Waals surface area contributed by atoms with Gasteiger partial charge in [0.2, 0.25) is 0 Å². The number of unbranched alkanes of at least 4 members (excludes halogenated alkanes) is 1. The lowest BCUT2D eigenvalue weighted by atomic mass is 10.1. The molecule has 0 aromatic heterocycles. The molecule has 2 rings (SSSR count). The molecule has 1 N–H and O–H groups in total. The molecule has 7 nitrogen and oxygen atoms in total. The Morgan fingerprint density at radius 1 is 1.09 bits per heavy atom. The summed E-state index contributed by atoms with van der Waals surface area (Å²) >= 11 is 23.3. The number of hydrogen-bond donors (Lipinski definition) is 1. The number of nitrogens with one attached hydrogen (secondary N) is 1. The fraction of sp³-hybridized carbons (Fsp3) is 0.286. The van der Waals surface area contributed by atoms with Crippen molar-refractivity contribution in [2.24, 2.45) is 0 Å². The second-order valence-electron chi connectivity index (χ2n) is 6.82. The van der Waals surface area contributed by atoms with Crippen molar-refractivity contribution >= 4 is 58.0 Å². The predicted molar refractivity (Wildman–Crippen MR) is 127 cm³/mol. The van der Waals surface area contributed by atoms with Gasteiger partial charge in [0.1, 0.15) is 22.4 Å². The van der Waals surface area contributed by atoms with Crippen LogP contribution in [0.5, 0.6) is 11.5 Å². The van der Waals surface area contributed by atoms with Gasteiger partial charge in [0, 0.05) is 24.7 Å². The van der Waals surface area contributed by atoms with E-state index in [2.05, 4.69) is 5.32 Å². The van der Waals surface area contributed by atoms with Crippen molar-refractivity contribution in [3.8, 4) is 11.5 Å². The minimum Gasteiger partial charge on any atom is -0.490 e. The summed E-state index contributed by atoms with van der Waals surface area (Å²) in [4.78, 5) is 22.3. The average Bonchev–Trinajstić information content (AvgIpc) is 2.76. The number of alkyl halides is 3. The van der Waals surface area contributed by atoms with Gasteiger partial charge >= 0.3 is 6.18 Å². The van der Waals surface area contributed by atoms with Crippen LogP contribution in [-0.4, -0.2) is 30.6 Å². The highest BCUT2D eigenvalue weighted by molar-refractivity contribution is 6.55. The van der Waals surface area contributed by atoms with Crippen LogP contribution in [-0.2, 0) is 6.18 Å². The lowest BCUT2D eigenvalue weighted by molar-refractivity contribution is -0.385. The molecule has 0 aliphatic heterocycles. The Morgan fingerprint density at radius 2 is 1.74 bits per heavy atom. The van der Waals surface area contributed by atoms with E-state index in [0.717, 1.165) is 6.07 Å². The molecule has 0 radical (unpaired) electrons. The normalized spacial score (nSPS) is 11.1. The number of halogens is 7. The number of rotatable bonds is 11. The first kappa shape index (κ1) is 28.8. The first-order valence-electron chi connectivity index (χ1n) is 9.79. The Morgan fingerprint density at radius 3 is 2.31 bits per heavy atom. The van der Waals surface area contributed by atoms with Gasteiger partial charge in [-0.15, -0.1) is 0 Å². The van der Waals surface area contributed by atoms with Gasteiger partial charge < -0.3 is 14.8 Å². The van der Waals surface area contributed by atoms with E-state index in [0.29, 0.717) is 30.7 Å². The van der Waals surface area contributed by atoms with E-state index in [4.69, 9.17) is 55.9 Å². The summed E-state index contributed by atoms with van der Waals surface area (Å²) in [5.41, 5.74) is -2.62. The summed E-state index contributed by atoms with van der Waals surface area (Å²) in [7, 11) is 0. The fourth-order valence-electron chi connectivity index (χ4n) is 2.71. The number of amides is 1. The van der Waals surface area contributed by atoms with E-state index in [1.54, 1.807) is 0 Å². The maximum atomic E-state index is 12.8. The topological polar surface area (TPSA) is 90.7 Å². The van der Waals surface area contributed by atoms with Crippen molar-refractivity contribution in [3.63, 3.8) is 0 Å². The van der Waals surface area contributed by atoms with Gasteiger partial charge in [0.05, 0.1) is 27.1 Å². The third kappa shape index (κ3) is 8.96. The third-order valence-electron chi connectivity index (χ3n) is 4.33. The van der Waals surface area contributed by atoms with E-state index < -0.39 is 33.8 Å². The van der Waals surface area contributed by atoms with Crippen LogP contribution in [0.15, 0.2) is 40.9 Å². The molecular formula is C21H17Cl4F3N2O5. The van der Waals surface area contributed by atoms with Crippen LogP contribution in [0.4, 0.5) is 18.9 Å². The van der Waals surface area contributed by atoms with Crippen molar-refractivity contribution in [3.05, 3.63) is 72.2 Å². The van der Waals surface area contributed by atoms with Gasteiger partial charge in [-0.25, -0.2) is 0 Å². The smallest absolute Gasteiger partial charge is 0.416 e. The Balaban J connectivity index is 1.84. The van der Waals surface area contributed by atoms with Crippen LogP contribution < -0.4 is 14.8 Å². The average molecular weight is 576 g/mol. The molecule has 0 aliphatic rings. The second-order valence-corrected chi connectivity index (χ2v) is 8.64. The highest BCUT2D eigenvalue weighted by Crippen LogP contribution is 2.37. The van der Waals surface area contributed by atoms with Crippen LogP contribution in [0.3, 0.4) is 0 Å². The lowest BCUT2D eigenvalue weighted by Crippen LogP contribution is -2.25. The summed E-state index contributed by atoms with van der Waals surface area (Å²) in [6.07, 6.45) is -2.49. The number of carbonyl (C=O) groups excluding carboxylic acids is 1. The molecule has 1 amide bonds. The van der Waals surface area contributed by atoms with E-state index in [1.165, 1.54) is 18.2 Å². The standard InChI is InChI=1S/C21H17Cl4F3N2O5/c22-15-10-13(34-8-5-18(24)25)11-16(23)19(15)35-7-2-1-6-29-20(31)14-4-3-12(21(26,27)28)9-17(14)30(32)33/h3-5,9-11H,1-2,6-8H2,(H,29,31). The molecule has 14 heteroatoms. The van der Waals surface area contributed by atoms with Crippen LogP contribution >= 0.6 is 46.4 Å². The molecule has 0 aliphatic carbocycles. The van der Waals surface area contributed by atoms with Gasteiger partial charge in [-0.1, -0.05) is 46.4 Å². The molecule has 2 aromatic rings. The third-order valence-corrected chi connectivity index (χ3v) is 5.20. The maximum absolute atomic E-state index is 12.8. The second kappa shape index (κ2) is 13.1. The van der Waals surface area contributed by atoms with Crippen molar-refractivity contribution in [1.82, 2.24) is 5.32 Å². The Kier molecular flexibility index (Phi) is 10.8. The molecule has 0 heterocycles. The van der Waals surface area contributed by atoms with Gasteiger partial charge in [0.15, 0.2) is 5.75 Å². The SMILES string of the molecule is O=C(NCCCCOc1c(Cl)cc(OCC=C(Cl)Cl)cc1Cl)c1ccc(C(F)(F)F)cc1[N+](=O)[O-]. The van der Waals surface area contributed by atoms with Gasteiger partial charge in [-0.05, 0) is 31.1 Å². The van der Waals surface area contributed by atoms with Gasteiger partial charge in [0.25, 0.3) is 11.6 Å². The summed E-state index contributed by atoms with van der Waals surface area (Å²) in [6.45, 7) is 0.391. The molecular weight excluding hydrogens is 559 g/mol. The molecule has 0 bridgehead atoms. The molecule has 0 atom stereocenters. The number of nitrogens with zero attached hydrogens (tertiary/aromatic N) is 1. The Bertz CT molecular complexity index is 1090. The van der Waals surface area contributed by atoms with Gasteiger partial charge in [-0.2, -0.15) is 13.2 Å². The van der Waals surface area contributed by atoms with E-state index in [1.807, 2.05) is 0 Å². The molecule has 0 unspecified atom stereocenters. The quantitative estimate of drug-likeness (QED) is 0.174. The number of carbonyl (C=O) groups is 1. The number of nitro groups is 1. The largest absolute Gasteiger partial charge is 0.490 e. The zero-order valence-electron chi connectivity index (χ0n) is 17.6. The Labute approximate surface area is 217 Å². The van der Waals surface area contributed by atoms with Crippen LogP contribution in [0, 0.1) is 10.1 Å². The summed E-state index contributed by atoms with van der Waals surface area (Å²) < 4.78 is 49.4. The van der Waals surface area contributed by atoms with Crippen LogP contribution in [0.25, 0.3) is 0 Å². The fourth-order valence-corrected chi connectivity index (χ4v) is 3.41. The number of ether oxygens (including phenoxy) is 2. The van der Waals surface area contributed by atoms with Crippen molar-refractivity contribution in [1.29, 1.82) is 0 Å². The lowest BCUT2D eigenvalue weighted by Gasteiger charge is -2.12. The monoisotopic (exact) mass is 574 g/mol. The predicted octanol–water partition coefficient (Wildman–Crippen LogP) is 7.21. The van der Waals surface area contributed by atoms with Crippen LogP contribution in [0.2, 0.25) is 10.0 Å². The minimum atomic E-state index is -4.77. The summed E-state index contributed by atoms with van der Waals surface area (Å²) in [5, 5.41) is 14.0. The summed E-state index contributed by atoms with van der Waals surface area (Å²) in [6, 6.07) is 4.71. The number of benzene rings is 2.